The van der Waals surface area contributed by atoms with Crippen molar-refractivity contribution in [2.75, 3.05) is 32.5 Å². The summed E-state index contributed by atoms with van der Waals surface area (Å²) in [6.45, 7) is 3.39. The van der Waals surface area contributed by atoms with E-state index in [2.05, 4.69) is 5.32 Å². The molecule has 0 unspecified atom stereocenters. The molecule has 0 spiro atoms. The molecule has 7 heteroatoms. The molecule has 0 radical (unpaired) electrons. The molecule has 1 amide bonds. The second-order valence-electron chi connectivity index (χ2n) is 5.93. The number of carboxylic acids is 1. The van der Waals surface area contributed by atoms with E-state index in [0.29, 0.717) is 17.3 Å². The lowest BCUT2D eigenvalue weighted by molar-refractivity contribution is -0.860. The Hall–Kier alpha value is -1.63. The van der Waals surface area contributed by atoms with Gasteiger partial charge in [0.1, 0.15) is 6.04 Å². The minimum absolute atomic E-state index is 0.136. The number of nitrogens with one attached hydrogen (secondary N) is 2. The van der Waals surface area contributed by atoms with Gasteiger partial charge in [0.2, 0.25) is 5.91 Å². The highest BCUT2D eigenvalue weighted by atomic mass is 35.5. The number of nitrogens with two attached hydrogens (primary N) is 1. The maximum atomic E-state index is 12.1. The summed E-state index contributed by atoms with van der Waals surface area (Å²) in [6, 6.07) is 4.32. The van der Waals surface area contributed by atoms with Gasteiger partial charge < -0.3 is 25.4 Å². The maximum absolute atomic E-state index is 12.1. The predicted octanol–water partition coefficient (Wildman–Crippen LogP) is -1.81. The van der Waals surface area contributed by atoms with Crippen LogP contribution in [0.1, 0.15) is 18.4 Å². The quantitative estimate of drug-likeness (QED) is 0.462. The van der Waals surface area contributed by atoms with Crippen LogP contribution in [-0.2, 0) is 9.59 Å². The number of aliphatic carboxylic acids is 1. The molecule has 0 aromatic heterocycles. The van der Waals surface area contributed by atoms with Crippen LogP contribution in [0.15, 0.2) is 18.2 Å². The first-order valence-corrected chi connectivity index (χ1v) is 8.07. The highest BCUT2D eigenvalue weighted by Gasteiger charge is 2.19. The van der Waals surface area contributed by atoms with Crippen molar-refractivity contribution < 1.29 is 24.9 Å². The Morgan fingerprint density at radius 3 is 2.70 bits per heavy atom. The normalized spacial score (nSPS) is 12.2. The zero-order chi connectivity index (χ0) is 17.4. The van der Waals surface area contributed by atoms with Crippen molar-refractivity contribution >= 4 is 29.2 Å². The lowest BCUT2D eigenvalue weighted by Gasteiger charge is -2.17. The van der Waals surface area contributed by atoms with Crippen LogP contribution in [0.3, 0.4) is 0 Å². The van der Waals surface area contributed by atoms with Crippen LogP contribution in [0.5, 0.6) is 0 Å². The fourth-order valence-corrected chi connectivity index (χ4v) is 2.36. The predicted molar refractivity (Wildman–Crippen MR) is 87.3 cm³/mol. The van der Waals surface area contributed by atoms with Gasteiger partial charge in [0.15, 0.2) is 0 Å². The van der Waals surface area contributed by atoms with E-state index in [1.807, 2.05) is 14.1 Å². The Bertz CT molecular complexity index is 549. The summed E-state index contributed by atoms with van der Waals surface area (Å²) < 4.78 is 0. The number of halogens is 1. The number of carbonyl (C=O) groups is 2. The third-order valence-corrected chi connectivity index (χ3v) is 3.99. The molecular formula is C16H25ClN3O3+. The van der Waals surface area contributed by atoms with Crippen molar-refractivity contribution in [2.45, 2.75) is 25.8 Å². The van der Waals surface area contributed by atoms with E-state index in [0.717, 1.165) is 18.5 Å². The molecule has 0 aliphatic heterocycles. The number of carbonyl (C=O) groups excluding carboxylic acids is 2. The Morgan fingerprint density at radius 1 is 1.39 bits per heavy atom. The smallest absolute Gasteiger partial charge is 0.230 e. The molecule has 0 saturated carbocycles. The van der Waals surface area contributed by atoms with E-state index < -0.39 is 12.0 Å². The van der Waals surface area contributed by atoms with Crippen molar-refractivity contribution in [1.82, 2.24) is 0 Å². The SMILES string of the molecule is Cc1c(Cl)cccc1NC(=O)C[C@H]([NH2+]CCC[NH+](C)C)C(=O)[O-]. The number of carboxylic acid groups (broad SMARTS) is 1. The van der Waals surface area contributed by atoms with Crippen molar-refractivity contribution in [1.29, 1.82) is 0 Å². The highest BCUT2D eigenvalue weighted by molar-refractivity contribution is 6.31. The molecule has 0 saturated heterocycles. The maximum Gasteiger partial charge on any atom is 0.230 e. The van der Waals surface area contributed by atoms with Gasteiger partial charge in [0.05, 0.1) is 39.6 Å². The summed E-state index contributed by atoms with van der Waals surface area (Å²) in [5, 5.41) is 16.1. The average molecular weight is 343 g/mol. The zero-order valence-corrected chi connectivity index (χ0v) is 14.6. The van der Waals surface area contributed by atoms with Crippen LogP contribution in [0.25, 0.3) is 0 Å². The minimum atomic E-state index is -1.22. The topological polar surface area (TPSA) is 90.3 Å². The number of hydrogen-bond acceptors (Lipinski definition) is 3. The second kappa shape index (κ2) is 9.50. The molecule has 0 aliphatic rings. The van der Waals surface area contributed by atoms with Crippen molar-refractivity contribution in [2.24, 2.45) is 0 Å². The van der Waals surface area contributed by atoms with E-state index in [9.17, 15) is 14.7 Å². The van der Waals surface area contributed by atoms with Crippen LogP contribution in [0.4, 0.5) is 5.69 Å². The van der Waals surface area contributed by atoms with E-state index in [1.165, 1.54) is 4.90 Å². The summed E-state index contributed by atoms with van der Waals surface area (Å²) in [5.74, 6) is -1.58. The van der Waals surface area contributed by atoms with Gasteiger partial charge in [-0.15, -0.1) is 0 Å². The molecule has 23 heavy (non-hydrogen) atoms. The first-order chi connectivity index (χ1) is 10.8. The van der Waals surface area contributed by atoms with Crippen molar-refractivity contribution in [3.8, 4) is 0 Å². The van der Waals surface area contributed by atoms with Crippen molar-refractivity contribution in [3.05, 3.63) is 28.8 Å². The number of quaternary nitrogens is 2. The standard InChI is InChI=1S/C16H24ClN3O3/c1-11-12(17)6-4-7-13(11)19-15(21)10-14(16(22)23)18-8-5-9-20(2)3/h4,6-7,14,18H,5,8-10H2,1-3H3,(H,19,21)(H,22,23)/p+1/t14-/m0/s1. The Balaban J connectivity index is 2.54. The first kappa shape index (κ1) is 19.4. The number of rotatable bonds is 9. The van der Waals surface area contributed by atoms with Gasteiger partial charge in [0.25, 0.3) is 0 Å². The number of benzene rings is 1. The fourth-order valence-electron chi connectivity index (χ4n) is 2.18. The van der Waals surface area contributed by atoms with Crippen LogP contribution >= 0.6 is 11.6 Å². The van der Waals surface area contributed by atoms with E-state index >= 15 is 0 Å². The van der Waals surface area contributed by atoms with Gasteiger partial charge in [-0.3, -0.25) is 4.79 Å². The zero-order valence-electron chi connectivity index (χ0n) is 13.8. The lowest BCUT2D eigenvalue weighted by Crippen LogP contribution is -3.06. The van der Waals surface area contributed by atoms with Gasteiger partial charge in [-0.1, -0.05) is 17.7 Å². The largest absolute Gasteiger partial charge is 0.544 e. The Labute approximate surface area is 141 Å². The van der Waals surface area contributed by atoms with Crippen LogP contribution in [0, 0.1) is 6.92 Å². The van der Waals surface area contributed by atoms with Gasteiger partial charge in [-0.05, 0) is 24.6 Å². The van der Waals surface area contributed by atoms with Crippen LogP contribution < -0.4 is 20.6 Å². The van der Waals surface area contributed by atoms with Gasteiger partial charge in [-0.25, -0.2) is 0 Å². The summed E-state index contributed by atoms with van der Waals surface area (Å²) in [7, 11) is 4.08. The van der Waals surface area contributed by atoms with Gasteiger partial charge >= 0.3 is 0 Å². The summed E-state index contributed by atoms with van der Waals surface area (Å²) in [5.41, 5.74) is 1.35. The highest BCUT2D eigenvalue weighted by Crippen LogP contribution is 2.22. The molecule has 0 aliphatic carbocycles. The molecule has 1 aromatic carbocycles. The van der Waals surface area contributed by atoms with Crippen molar-refractivity contribution in [3.63, 3.8) is 0 Å². The summed E-state index contributed by atoms with van der Waals surface area (Å²) in [6.07, 6.45) is 0.740. The number of anilines is 1. The number of hydrogen-bond donors (Lipinski definition) is 3. The lowest BCUT2D eigenvalue weighted by atomic mass is 10.1. The van der Waals surface area contributed by atoms with Crippen LogP contribution in [0.2, 0.25) is 5.02 Å². The molecule has 0 heterocycles. The van der Waals surface area contributed by atoms with E-state index in [4.69, 9.17) is 11.6 Å². The third kappa shape index (κ3) is 6.99. The average Bonchev–Trinajstić information content (AvgIpc) is 2.46. The van der Waals surface area contributed by atoms with E-state index in [1.54, 1.807) is 30.4 Å². The summed E-state index contributed by atoms with van der Waals surface area (Å²) >= 11 is 6.00. The molecule has 128 valence electrons. The molecule has 4 N–H and O–H groups in total. The molecule has 1 aromatic rings. The summed E-state index contributed by atoms with van der Waals surface area (Å²) in [4.78, 5) is 24.6. The molecular weight excluding hydrogens is 318 g/mol. The molecule has 0 fully saturated rings. The molecule has 1 rings (SSSR count). The Kier molecular flexibility index (Phi) is 8.02. The first-order valence-electron chi connectivity index (χ1n) is 7.69. The van der Waals surface area contributed by atoms with Crippen LogP contribution in [-0.4, -0.2) is 45.1 Å². The second-order valence-corrected chi connectivity index (χ2v) is 6.33. The van der Waals surface area contributed by atoms with Gasteiger partial charge in [0, 0.05) is 17.1 Å². The molecule has 6 nitrogen and oxygen atoms in total. The Morgan fingerprint density at radius 2 is 2.09 bits per heavy atom. The fraction of sp³-hybridized carbons (Fsp3) is 0.500. The molecule has 0 bridgehead atoms. The molecule has 1 atom stereocenters. The monoisotopic (exact) mass is 342 g/mol. The van der Waals surface area contributed by atoms with Gasteiger partial charge in [-0.2, -0.15) is 0 Å². The van der Waals surface area contributed by atoms with E-state index in [-0.39, 0.29) is 12.3 Å². The third-order valence-electron chi connectivity index (χ3n) is 3.58. The number of amides is 1. The minimum Gasteiger partial charge on any atom is -0.544 e.